The number of halogens is 1. The van der Waals surface area contributed by atoms with Crippen molar-refractivity contribution in [2.75, 3.05) is 26.9 Å². The molecule has 2 aromatic carbocycles. The summed E-state index contributed by atoms with van der Waals surface area (Å²) in [5.41, 5.74) is 3.92. The Labute approximate surface area is 223 Å². The number of carbonyl (C=O) groups is 1. The zero-order valence-electron chi connectivity index (χ0n) is 21.2. The van der Waals surface area contributed by atoms with Gasteiger partial charge in [-0.2, -0.15) is 0 Å². The summed E-state index contributed by atoms with van der Waals surface area (Å²) in [6, 6.07) is 18.2. The molecule has 2 saturated heterocycles. The van der Waals surface area contributed by atoms with Crippen LogP contribution in [0.15, 0.2) is 60.7 Å². The van der Waals surface area contributed by atoms with Gasteiger partial charge in [0, 0.05) is 24.7 Å². The molecule has 2 aromatic heterocycles. The fraction of sp³-hybridized carbons (Fsp3) is 0.310. The largest absolute Gasteiger partial charge is 0.493 e. The smallest absolute Gasteiger partial charge is 0.223 e. The molecule has 0 saturated carbocycles. The van der Waals surface area contributed by atoms with Crippen molar-refractivity contribution in [2.24, 2.45) is 0 Å². The van der Waals surface area contributed by atoms with Gasteiger partial charge in [-0.05, 0) is 23.3 Å². The minimum absolute atomic E-state index is 0.0696. The third-order valence-electron chi connectivity index (χ3n) is 7.01. The Morgan fingerprint density at radius 2 is 1.74 bits per heavy atom. The van der Waals surface area contributed by atoms with Crippen LogP contribution in [0.3, 0.4) is 0 Å². The van der Waals surface area contributed by atoms with Crippen LogP contribution in [0.2, 0.25) is 0 Å². The summed E-state index contributed by atoms with van der Waals surface area (Å²) in [5.74, 6) is 0.598. The minimum Gasteiger partial charge on any atom is -0.493 e. The molecule has 0 unspecified atom stereocenters. The van der Waals surface area contributed by atoms with Crippen molar-refractivity contribution < 1.29 is 33.2 Å². The maximum Gasteiger partial charge on any atom is 0.223 e. The van der Waals surface area contributed by atoms with Crippen LogP contribution < -0.4 is 14.8 Å². The van der Waals surface area contributed by atoms with Crippen LogP contribution in [0.5, 0.6) is 11.6 Å². The average Bonchev–Trinajstić information content (AvgIpc) is 3.65. The second kappa shape index (κ2) is 10.6. The zero-order valence-corrected chi connectivity index (χ0v) is 21.2. The molecule has 3 N–H and O–H groups in total. The molecule has 9 nitrogen and oxygen atoms in total. The summed E-state index contributed by atoms with van der Waals surface area (Å²) < 4.78 is 37.9. The van der Waals surface area contributed by atoms with Crippen molar-refractivity contribution in [1.29, 1.82) is 0 Å². The number of amides is 1. The molecule has 4 heterocycles. The van der Waals surface area contributed by atoms with Crippen LogP contribution in [0.4, 0.5) is 4.39 Å². The molecule has 2 aliphatic heterocycles. The van der Waals surface area contributed by atoms with Crippen molar-refractivity contribution in [2.45, 2.75) is 30.8 Å². The van der Waals surface area contributed by atoms with E-state index in [-0.39, 0.29) is 30.4 Å². The molecule has 4 aromatic rings. The van der Waals surface area contributed by atoms with E-state index in [1.165, 1.54) is 6.07 Å². The number of nitrogens with one attached hydrogen (secondary N) is 2. The Balaban J connectivity index is 1.14. The molecule has 2 fully saturated rings. The van der Waals surface area contributed by atoms with E-state index in [2.05, 4.69) is 15.3 Å². The molecule has 39 heavy (non-hydrogen) atoms. The summed E-state index contributed by atoms with van der Waals surface area (Å²) in [6.07, 6.45) is -1.47. The Bertz CT molecular complexity index is 1470. The predicted molar refractivity (Wildman–Crippen MR) is 141 cm³/mol. The molecular formula is C29H28FN3O6. The second-order valence-corrected chi connectivity index (χ2v) is 9.58. The molecule has 202 valence electrons. The summed E-state index contributed by atoms with van der Waals surface area (Å²) in [6.45, 7) is 0.825. The summed E-state index contributed by atoms with van der Waals surface area (Å²) in [5, 5.41) is 12.5. The topological polar surface area (TPSA) is 115 Å². The van der Waals surface area contributed by atoms with Crippen LogP contribution in [0.25, 0.3) is 33.4 Å². The van der Waals surface area contributed by atoms with Gasteiger partial charge in [-0.25, -0.2) is 9.37 Å². The first-order valence-corrected chi connectivity index (χ1v) is 12.8. The number of hydrogen-bond acceptors (Lipinski definition) is 7. The van der Waals surface area contributed by atoms with Crippen molar-refractivity contribution in [3.63, 3.8) is 0 Å². The number of nitrogens with zero attached hydrogens (tertiary/aromatic N) is 1. The number of pyridine rings is 1. The number of hydrogen-bond donors (Lipinski definition) is 3. The fourth-order valence-electron chi connectivity index (χ4n) is 4.93. The summed E-state index contributed by atoms with van der Waals surface area (Å²) in [4.78, 5) is 18.9. The van der Waals surface area contributed by atoms with Gasteiger partial charge in [0.05, 0.1) is 37.3 Å². The van der Waals surface area contributed by atoms with E-state index >= 15 is 4.39 Å². The van der Waals surface area contributed by atoms with E-state index in [0.717, 1.165) is 11.1 Å². The number of aromatic amines is 1. The molecule has 0 radical (unpaired) electrons. The molecule has 2 aliphatic rings. The highest BCUT2D eigenvalue weighted by Crippen LogP contribution is 2.32. The van der Waals surface area contributed by atoms with Gasteiger partial charge >= 0.3 is 0 Å². The molecule has 0 bridgehead atoms. The maximum atomic E-state index is 15.1. The van der Waals surface area contributed by atoms with Crippen LogP contribution in [-0.2, 0) is 14.3 Å². The first-order valence-electron chi connectivity index (χ1n) is 12.8. The summed E-state index contributed by atoms with van der Waals surface area (Å²) >= 11 is 0. The number of aliphatic hydroxyl groups excluding tert-OH is 1. The molecule has 0 aliphatic carbocycles. The van der Waals surface area contributed by atoms with Gasteiger partial charge in [0.15, 0.2) is 17.8 Å². The molecular weight excluding hydrogens is 505 g/mol. The SMILES string of the molecule is CNC(=O)CCOc1ccc(-c2ccc(-c3nc4cc(O[C@@H]5CO[C@H]6[C@@H]5OC[C@H]6O)[nH]c4cc3F)cc2)cc1. The first-order chi connectivity index (χ1) is 19.0. The Morgan fingerprint density at radius 3 is 2.49 bits per heavy atom. The van der Waals surface area contributed by atoms with Crippen molar-refractivity contribution in [3.8, 4) is 34.0 Å². The van der Waals surface area contributed by atoms with Crippen LogP contribution in [-0.4, -0.2) is 72.3 Å². The third-order valence-corrected chi connectivity index (χ3v) is 7.01. The van der Waals surface area contributed by atoms with Gasteiger partial charge in [0.2, 0.25) is 5.91 Å². The van der Waals surface area contributed by atoms with E-state index in [0.29, 0.717) is 47.9 Å². The van der Waals surface area contributed by atoms with Crippen LogP contribution in [0.1, 0.15) is 6.42 Å². The zero-order chi connectivity index (χ0) is 26.9. The standard InChI is InChI=1S/C29H28FN3O6/c1-31-25(35)10-11-36-19-8-6-17(7-9-19)16-2-4-18(5-3-16)27-20(30)12-21-22(33-27)13-26(32-21)39-24-15-38-28-23(34)14-37-29(24)28/h2-9,12-13,23-24,28-29,32,34H,10-11,14-15H2,1H3,(H,31,35)/t23-,24-,28-,29-/m1/s1. The molecule has 4 atom stereocenters. The Morgan fingerprint density at radius 1 is 1.05 bits per heavy atom. The first kappa shape index (κ1) is 25.3. The lowest BCUT2D eigenvalue weighted by Crippen LogP contribution is -2.34. The van der Waals surface area contributed by atoms with E-state index in [9.17, 15) is 9.90 Å². The monoisotopic (exact) mass is 533 g/mol. The predicted octanol–water partition coefficient (Wildman–Crippen LogP) is 3.46. The van der Waals surface area contributed by atoms with Crippen molar-refractivity contribution >= 4 is 16.9 Å². The van der Waals surface area contributed by atoms with Crippen LogP contribution >= 0.6 is 0 Å². The number of aliphatic hydroxyl groups is 1. The Hall–Kier alpha value is -3.99. The van der Waals surface area contributed by atoms with E-state index < -0.39 is 18.0 Å². The number of ether oxygens (including phenoxy) is 4. The molecule has 0 spiro atoms. The normalized spacial score (nSPS) is 22.1. The molecule has 1 amide bonds. The number of rotatable bonds is 8. The van der Waals surface area contributed by atoms with Gasteiger partial charge in [0.25, 0.3) is 0 Å². The lowest BCUT2D eigenvalue weighted by Gasteiger charge is -2.16. The highest BCUT2D eigenvalue weighted by atomic mass is 19.1. The van der Waals surface area contributed by atoms with Gasteiger partial charge in [-0.15, -0.1) is 0 Å². The van der Waals surface area contributed by atoms with Gasteiger partial charge in [0.1, 0.15) is 29.8 Å². The lowest BCUT2D eigenvalue weighted by atomic mass is 10.0. The molecule has 6 rings (SSSR count). The highest BCUT2D eigenvalue weighted by molar-refractivity contribution is 5.81. The number of carbonyl (C=O) groups excluding carboxylic acids is 1. The lowest BCUT2D eigenvalue weighted by molar-refractivity contribution is -0.121. The number of benzene rings is 2. The number of fused-ring (bicyclic) bond motifs is 2. The average molecular weight is 534 g/mol. The van der Waals surface area contributed by atoms with Crippen molar-refractivity contribution in [3.05, 3.63) is 66.5 Å². The maximum absolute atomic E-state index is 15.1. The summed E-state index contributed by atoms with van der Waals surface area (Å²) in [7, 11) is 1.59. The Kier molecular flexibility index (Phi) is 6.90. The third kappa shape index (κ3) is 5.18. The highest BCUT2D eigenvalue weighted by Gasteiger charge is 2.48. The number of H-pyrrole nitrogens is 1. The van der Waals surface area contributed by atoms with Gasteiger partial charge < -0.3 is 34.4 Å². The minimum atomic E-state index is -0.657. The molecule has 10 heteroatoms. The van der Waals surface area contributed by atoms with Crippen LogP contribution in [0, 0.1) is 5.82 Å². The van der Waals surface area contributed by atoms with E-state index in [1.54, 1.807) is 13.1 Å². The van der Waals surface area contributed by atoms with E-state index in [1.807, 2.05) is 48.5 Å². The van der Waals surface area contributed by atoms with Crippen molar-refractivity contribution in [1.82, 2.24) is 15.3 Å². The fourth-order valence-corrected chi connectivity index (χ4v) is 4.93. The second-order valence-electron chi connectivity index (χ2n) is 9.58. The quantitative estimate of drug-likeness (QED) is 0.318. The van der Waals surface area contributed by atoms with E-state index in [4.69, 9.17) is 18.9 Å². The van der Waals surface area contributed by atoms with Gasteiger partial charge in [-0.1, -0.05) is 36.4 Å². The number of aromatic nitrogens is 2. The van der Waals surface area contributed by atoms with Gasteiger partial charge in [-0.3, -0.25) is 4.79 Å².